The molecule has 1 atom stereocenters. The van der Waals surface area contributed by atoms with Gasteiger partial charge in [0, 0.05) is 15.6 Å². The van der Waals surface area contributed by atoms with Crippen LogP contribution in [0.4, 0.5) is 0 Å². The summed E-state index contributed by atoms with van der Waals surface area (Å²) in [4.78, 5) is 11.3. The Morgan fingerprint density at radius 1 is 1.23 bits per heavy atom. The standard InChI is InChI=1S/C23H19Cl2NO4/c1-29-22(28)13-30-16-9-19(24)18(20(25)10-16)12-23(14-26)8-7-21(27)17(11-23)15-5-3-2-4-6-15/h2-10,27H,11-13H2,1H3. The van der Waals surface area contributed by atoms with Gasteiger partial charge < -0.3 is 14.6 Å². The summed E-state index contributed by atoms with van der Waals surface area (Å²) in [5.41, 5.74) is 1.19. The smallest absolute Gasteiger partial charge is 0.343 e. The van der Waals surface area contributed by atoms with Crippen LogP contribution in [0.5, 0.6) is 5.75 Å². The predicted octanol–water partition coefficient (Wildman–Crippen LogP) is 5.53. The van der Waals surface area contributed by atoms with Crippen molar-refractivity contribution in [3.63, 3.8) is 0 Å². The first-order chi connectivity index (χ1) is 14.4. The average Bonchev–Trinajstić information content (AvgIpc) is 2.76. The number of ether oxygens (including phenoxy) is 2. The number of halogens is 2. The van der Waals surface area contributed by atoms with Crippen LogP contribution < -0.4 is 4.74 Å². The number of aliphatic hydroxyl groups is 1. The Morgan fingerprint density at radius 2 is 1.90 bits per heavy atom. The number of rotatable bonds is 6. The number of allylic oxidation sites excluding steroid dienone is 3. The molecule has 0 heterocycles. The molecule has 2 aromatic rings. The number of aliphatic hydroxyl groups excluding tert-OH is 1. The highest BCUT2D eigenvalue weighted by molar-refractivity contribution is 6.36. The van der Waals surface area contributed by atoms with Crippen molar-refractivity contribution < 1.29 is 19.4 Å². The Hall–Kier alpha value is -2.94. The summed E-state index contributed by atoms with van der Waals surface area (Å²) >= 11 is 12.9. The van der Waals surface area contributed by atoms with E-state index < -0.39 is 11.4 Å². The van der Waals surface area contributed by atoms with Crippen LogP contribution in [0.15, 0.2) is 60.4 Å². The first-order valence-electron chi connectivity index (χ1n) is 9.13. The third-order valence-corrected chi connectivity index (χ3v) is 5.57. The number of hydrogen-bond acceptors (Lipinski definition) is 5. The Morgan fingerprint density at radius 3 is 2.50 bits per heavy atom. The van der Waals surface area contributed by atoms with Crippen molar-refractivity contribution in [2.75, 3.05) is 13.7 Å². The molecule has 0 bridgehead atoms. The van der Waals surface area contributed by atoms with Gasteiger partial charge in [-0.1, -0.05) is 59.6 Å². The maximum Gasteiger partial charge on any atom is 0.343 e. The first kappa shape index (κ1) is 21.8. The second-order valence-electron chi connectivity index (χ2n) is 6.91. The van der Waals surface area contributed by atoms with Crippen molar-refractivity contribution in [3.8, 4) is 11.8 Å². The summed E-state index contributed by atoms with van der Waals surface area (Å²) in [5.74, 6) is -0.0650. The van der Waals surface area contributed by atoms with Crippen LogP contribution in [0.25, 0.3) is 5.57 Å². The predicted molar refractivity (Wildman–Crippen MR) is 115 cm³/mol. The molecular formula is C23H19Cl2NO4. The lowest BCUT2D eigenvalue weighted by Gasteiger charge is -2.29. The van der Waals surface area contributed by atoms with Gasteiger partial charge in [-0.3, -0.25) is 0 Å². The molecule has 0 aliphatic heterocycles. The molecule has 1 unspecified atom stereocenters. The average molecular weight is 444 g/mol. The number of nitriles is 1. The first-order valence-corrected chi connectivity index (χ1v) is 9.88. The zero-order valence-electron chi connectivity index (χ0n) is 16.2. The van der Waals surface area contributed by atoms with E-state index >= 15 is 0 Å². The minimum absolute atomic E-state index is 0.135. The number of nitrogens with zero attached hydrogens (tertiary/aromatic N) is 1. The van der Waals surface area contributed by atoms with Crippen LogP contribution in [0, 0.1) is 16.7 Å². The van der Waals surface area contributed by atoms with Gasteiger partial charge in [0.1, 0.15) is 11.5 Å². The minimum atomic E-state index is -0.931. The SMILES string of the molecule is COC(=O)COc1cc(Cl)c(CC2(C#N)C=CC(O)=C(c3ccccc3)C2)c(Cl)c1. The van der Waals surface area contributed by atoms with Gasteiger partial charge in [-0.25, -0.2) is 4.79 Å². The van der Waals surface area contributed by atoms with Crippen molar-refractivity contribution in [1.29, 1.82) is 5.26 Å². The third kappa shape index (κ3) is 4.79. The molecule has 7 heteroatoms. The van der Waals surface area contributed by atoms with E-state index in [4.69, 9.17) is 27.9 Å². The highest BCUT2D eigenvalue weighted by Gasteiger charge is 2.34. The molecule has 1 aliphatic rings. The van der Waals surface area contributed by atoms with E-state index in [1.165, 1.54) is 7.11 Å². The third-order valence-electron chi connectivity index (χ3n) is 4.90. The largest absolute Gasteiger partial charge is 0.508 e. The summed E-state index contributed by atoms with van der Waals surface area (Å²) < 4.78 is 9.88. The van der Waals surface area contributed by atoms with Crippen molar-refractivity contribution in [2.45, 2.75) is 12.8 Å². The summed E-state index contributed by atoms with van der Waals surface area (Å²) in [7, 11) is 1.27. The van der Waals surface area contributed by atoms with Gasteiger partial charge in [-0.05, 0) is 42.2 Å². The molecule has 0 saturated heterocycles. The Labute approximate surface area is 184 Å². The molecule has 0 aromatic heterocycles. The Balaban J connectivity index is 1.87. The number of methoxy groups -OCH3 is 1. The molecule has 5 nitrogen and oxygen atoms in total. The van der Waals surface area contributed by atoms with Gasteiger partial charge in [-0.2, -0.15) is 5.26 Å². The van der Waals surface area contributed by atoms with Crippen molar-refractivity contribution in [2.24, 2.45) is 5.41 Å². The highest BCUT2D eigenvalue weighted by atomic mass is 35.5. The fourth-order valence-electron chi connectivity index (χ4n) is 3.28. The summed E-state index contributed by atoms with van der Waals surface area (Å²) in [6.45, 7) is -0.266. The topological polar surface area (TPSA) is 79.5 Å². The number of carbonyl (C=O) groups is 1. The van der Waals surface area contributed by atoms with Crippen molar-refractivity contribution in [3.05, 3.63) is 81.5 Å². The zero-order valence-corrected chi connectivity index (χ0v) is 17.7. The van der Waals surface area contributed by atoms with Gasteiger partial charge in [0.2, 0.25) is 0 Å². The van der Waals surface area contributed by atoms with Gasteiger partial charge in [0.05, 0.1) is 18.6 Å². The number of carbonyl (C=O) groups excluding carboxylic acids is 1. The molecule has 0 spiro atoms. The molecule has 1 N–H and O–H groups in total. The second kappa shape index (κ2) is 9.25. The van der Waals surface area contributed by atoms with Crippen LogP contribution in [-0.4, -0.2) is 24.8 Å². The van der Waals surface area contributed by atoms with Crippen LogP contribution in [-0.2, 0) is 16.0 Å². The van der Waals surface area contributed by atoms with E-state index in [9.17, 15) is 15.2 Å². The summed E-state index contributed by atoms with van der Waals surface area (Å²) in [5, 5.41) is 21.0. The van der Waals surface area contributed by atoms with Gasteiger partial charge in [-0.15, -0.1) is 0 Å². The summed E-state index contributed by atoms with van der Waals surface area (Å²) in [6.07, 6.45) is 3.79. The maximum absolute atomic E-state index is 11.3. The van der Waals surface area contributed by atoms with Gasteiger partial charge >= 0.3 is 5.97 Å². The molecule has 154 valence electrons. The van der Waals surface area contributed by atoms with Crippen LogP contribution in [0.2, 0.25) is 10.0 Å². The molecule has 1 aliphatic carbocycles. The number of esters is 1. The van der Waals surface area contributed by atoms with E-state index in [0.717, 1.165) is 5.56 Å². The molecule has 0 saturated carbocycles. The van der Waals surface area contributed by atoms with Crippen molar-refractivity contribution >= 4 is 34.7 Å². The quantitative estimate of drug-likeness (QED) is 0.593. The monoisotopic (exact) mass is 443 g/mol. The van der Waals surface area contributed by atoms with Crippen LogP contribution in [0.1, 0.15) is 17.5 Å². The lowest BCUT2D eigenvalue weighted by molar-refractivity contribution is -0.142. The van der Waals surface area contributed by atoms with Crippen LogP contribution >= 0.6 is 23.2 Å². The molecule has 0 fully saturated rings. The fraction of sp³-hybridized carbons (Fsp3) is 0.217. The van der Waals surface area contributed by atoms with E-state index in [-0.39, 0.29) is 18.8 Å². The molecule has 30 heavy (non-hydrogen) atoms. The lowest BCUT2D eigenvalue weighted by Crippen LogP contribution is -2.23. The highest BCUT2D eigenvalue weighted by Crippen LogP contribution is 2.43. The number of benzene rings is 2. The fourth-order valence-corrected chi connectivity index (χ4v) is 3.88. The normalized spacial score (nSPS) is 18.1. The van der Waals surface area contributed by atoms with E-state index in [2.05, 4.69) is 10.8 Å². The lowest BCUT2D eigenvalue weighted by atomic mass is 9.73. The summed E-state index contributed by atoms with van der Waals surface area (Å²) in [6, 6.07) is 14.9. The van der Waals surface area contributed by atoms with E-state index in [1.54, 1.807) is 24.3 Å². The molecule has 0 radical (unpaired) electrons. The Kier molecular flexibility index (Phi) is 6.71. The van der Waals surface area contributed by atoms with Gasteiger partial charge in [0.15, 0.2) is 6.61 Å². The Bertz CT molecular complexity index is 1030. The van der Waals surface area contributed by atoms with Gasteiger partial charge in [0.25, 0.3) is 0 Å². The molecular weight excluding hydrogens is 425 g/mol. The minimum Gasteiger partial charge on any atom is -0.508 e. The molecule has 0 amide bonds. The second-order valence-corrected chi connectivity index (χ2v) is 7.73. The number of hydrogen-bond donors (Lipinski definition) is 1. The van der Waals surface area contributed by atoms with Crippen LogP contribution in [0.3, 0.4) is 0 Å². The maximum atomic E-state index is 11.3. The van der Waals surface area contributed by atoms with E-state index in [0.29, 0.717) is 33.4 Å². The van der Waals surface area contributed by atoms with E-state index in [1.807, 2.05) is 30.3 Å². The molecule has 2 aromatic carbocycles. The van der Waals surface area contributed by atoms with Crippen molar-refractivity contribution in [1.82, 2.24) is 0 Å². The molecule has 3 rings (SSSR count). The zero-order chi connectivity index (χ0) is 21.7.